The summed E-state index contributed by atoms with van der Waals surface area (Å²) >= 11 is 0. The van der Waals surface area contributed by atoms with Gasteiger partial charge in [-0.05, 0) is 12.5 Å². The van der Waals surface area contributed by atoms with Crippen molar-refractivity contribution in [3.63, 3.8) is 0 Å². The molecule has 0 atom stereocenters. The van der Waals surface area contributed by atoms with Gasteiger partial charge in [0.25, 0.3) is 0 Å². The van der Waals surface area contributed by atoms with E-state index in [2.05, 4.69) is 5.10 Å². The third kappa shape index (κ3) is 4.37. The number of hydrogen-bond donors (Lipinski definition) is 0. The van der Waals surface area contributed by atoms with E-state index in [0.717, 1.165) is 10.7 Å². The van der Waals surface area contributed by atoms with E-state index < -0.39 is 21.7 Å². The second-order valence-electron chi connectivity index (χ2n) is 3.55. The van der Waals surface area contributed by atoms with E-state index in [1.165, 1.54) is 13.1 Å². The maximum atomic E-state index is 12.2. The Kier molecular flexibility index (Phi) is 4.18. The average Bonchev–Trinajstić information content (AvgIpc) is 2.66. The van der Waals surface area contributed by atoms with E-state index >= 15 is 0 Å². The standard InChI is InChI=1S/C9H13F3N2O2S/c1-2-17(15,16)7-3-5-14-6-4-8(13-14)9(10,11)12/h4,6H,2-3,5,7H2,1H3. The fraction of sp³-hybridized carbons (Fsp3) is 0.667. The zero-order chi connectivity index (χ0) is 13.1. The van der Waals surface area contributed by atoms with E-state index in [4.69, 9.17) is 0 Å². The number of halogens is 3. The Balaban J connectivity index is 2.52. The number of nitrogens with zero attached hydrogens (tertiary/aromatic N) is 2. The lowest BCUT2D eigenvalue weighted by atomic mass is 10.4. The van der Waals surface area contributed by atoms with Gasteiger partial charge >= 0.3 is 6.18 Å². The Bertz CT molecular complexity index is 465. The second-order valence-corrected chi connectivity index (χ2v) is 6.02. The summed E-state index contributed by atoms with van der Waals surface area (Å²) in [6.45, 7) is 1.69. The fourth-order valence-electron chi connectivity index (χ4n) is 1.23. The smallest absolute Gasteiger partial charge is 0.272 e. The lowest BCUT2D eigenvalue weighted by molar-refractivity contribution is -0.141. The molecule has 0 aromatic carbocycles. The predicted octanol–water partition coefficient (Wildman–Crippen LogP) is 1.73. The van der Waals surface area contributed by atoms with Gasteiger partial charge in [0.05, 0.1) is 5.75 Å². The third-order valence-electron chi connectivity index (χ3n) is 2.21. The summed E-state index contributed by atoms with van der Waals surface area (Å²) in [5.74, 6) is 0.00458. The van der Waals surface area contributed by atoms with Crippen LogP contribution in [0.15, 0.2) is 12.3 Å². The normalized spacial score (nSPS) is 12.9. The molecule has 0 radical (unpaired) electrons. The quantitative estimate of drug-likeness (QED) is 0.818. The van der Waals surface area contributed by atoms with Crippen molar-refractivity contribution in [1.82, 2.24) is 9.78 Å². The van der Waals surface area contributed by atoms with Crippen molar-refractivity contribution in [2.75, 3.05) is 11.5 Å². The molecule has 0 aliphatic carbocycles. The number of aromatic nitrogens is 2. The summed E-state index contributed by atoms with van der Waals surface area (Å²) < 4.78 is 60.0. The minimum atomic E-state index is -4.46. The molecular weight excluding hydrogens is 257 g/mol. The first kappa shape index (κ1) is 14.0. The molecule has 0 spiro atoms. The minimum absolute atomic E-state index is 0.0370. The molecular formula is C9H13F3N2O2S. The molecule has 1 aromatic heterocycles. The van der Waals surface area contributed by atoms with Gasteiger partial charge in [0.1, 0.15) is 9.84 Å². The summed E-state index contributed by atoms with van der Waals surface area (Å²) in [5, 5.41) is 3.32. The summed E-state index contributed by atoms with van der Waals surface area (Å²) in [7, 11) is -3.07. The predicted molar refractivity (Wildman–Crippen MR) is 56.2 cm³/mol. The maximum Gasteiger partial charge on any atom is 0.435 e. The maximum absolute atomic E-state index is 12.2. The van der Waals surface area contributed by atoms with E-state index in [-0.39, 0.29) is 24.5 Å². The van der Waals surface area contributed by atoms with Crippen LogP contribution in [0.25, 0.3) is 0 Å². The number of alkyl halides is 3. The molecule has 8 heteroatoms. The number of hydrogen-bond acceptors (Lipinski definition) is 3. The van der Waals surface area contributed by atoms with Gasteiger partial charge < -0.3 is 0 Å². The van der Waals surface area contributed by atoms with Gasteiger partial charge in [-0.25, -0.2) is 8.42 Å². The van der Waals surface area contributed by atoms with E-state index in [1.54, 1.807) is 0 Å². The Hall–Kier alpha value is -1.05. The molecule has 0 fully saturated rings. The van der Waals surface area contributed by atoms with Crippen molar-refractivity contribution in [2.45, 2.75) is 26.1 Å². The van der Waals surface area contributed by atoms with Crippen LogP contribution in [0, 0.1) is 0 Å². The summed E-state index contributed by atoms with van der Waals surface area (Å²) in [4.78, 5) is 0. The van der Waals surface area contributed by atoms with Gasteiger partial charge in [-0.3, -0.25) is 4.68 Å². The first-order valence-electron chi connectivity index (χ1n) is 5.05. The molecule has 0 aliphatic heterocycles. The largest absolute Gasteiger partial charge is 0.435 e. The topological polar surface area (TPSA) is 52.0 Å². The molecule has 0 N–H and O–H groups in total. The zero-order valence-electron chi connectivity index (χ0n) is 9.24. The molecule has 0 amide bonds. The van der Waals surface area contributed by atoms with Crippen molar-refractivity contribution in [3.8, 4) is 0 Å². The minimum Gasteiger partial charge on any atom is -0.272 e. The van der Waals surface area contributed by atoms with Crippen LogP contribution >= 0.6 is 0 Å². The van der Waals surface area contributed by atoms with Crippen LogP contribution in [0.2, 0.25) is 0 Å². The van der Waals surface area contributed by atoms with Crippen molar-refractivity contribution >= 4 is 9.84 Å². The molecule has 17 heavy (non-hydrogen) atoms. The van der Waals surface area contributed by atoms with Crippen molar-refractivity contribution in [1.29, 1.82) is 0 Å². The van der Waals surface area contributed by atoms with Crippen LogP contribution in [0.5, 0.6) is 0 Å². The number of aryl methyl sites for hydroxylation is 1. The monoisotopic (exact) mass is 270 g/mol. The first-order valence-corrected chi connectivity index (χ1v) is 6.88. The summed E-state index contributed by atoms with van der Waals surface area (Å²) in [6, 6.07) is 0.869. The highest BCUT2D eigenvalue weighted by atomic mass is 32.2. The molecule has 0 aliphatic rings. The number of rotatable bonds is 5. The van der Waals surface area contributed by atoms with Crippen LogP contribution in [0.1, 0.15) is 19.0 Å². The van der Waals surface area contributed by atoms with Gasteiger partial charge in [0.15, 0.2) is 5.69 Å². The zero-order valence-corrected chi connectivity index (χ0v) is 10.1. The second kappa shape index (κ2) is 5.07. The van der Waals surface area contributed by atoms with Gasteiger partial charge in [-0.2, -0.15) is 18.3 Å². The number of sulfone groups is 1. The van der Waals surface area contributed by atoms with Gasteiger partial charge in [0.2, 0.25) is 0 Å². The van der Waals surface area contributed by atoms with E-state index in [0.29, 0.717) is 0 Å². The van der Waals surface area contributed by atoms with E-state index in [1.807, 2.05) is 0 Å². The Morgan fingerprint density at radius 2 is 2.06 bits per heavy atom. The molecule has 0 saturated heterocycles. The highest BCUT2D eigenvalue weighted by Crippen LogP contribution is 2.27. The van der Waals surface area contributed by atoms with Crippen LogP contribution < -0.4 is 0 Å². The highest BCUT2D eigenvalue weighted by Gasteiger charge is 2.33. The van der Waals surface area contributed by atoms with E-state index in [9.17, 15) is 21.6 Å². The van der Waals surface area contributed by atoms with Crippen LogP contribution in [0.4, 0.5) is 13.2 Å². The summed E-state index contributed by atoms with van der Waals surface area (Å²) in [5.41, 5.74) is -0.962. The molecule has 1 aromatic rings. The molecule has 0 bridgehead atoms. The van der Waals surface area contributed by atoms with Crippen LogP contribution in [-0.4, -0.2) is 29.7 Å². The lowest BCUT2D eigenvalue weighted by Crippen LogP contribution is -2.12. The average molecular weight is 270 g/mol. The first-order chi connectivity index (χ1) is 7.74. The Morgan fingerprint density at radius 3 is 2.53 bits per heavy atom. The SMILES string of the molecule is CCS(=O)(=O)CCCn1ccc(C(F)(F)F)n1. The fourth-order valence-corrected chi connectivity index (χ4v) is 2.09. The molecule has 1 heterocycles. The van der Waals surface area contributed by atoms with Gasteiger partial charge in [-0.15, -0.1) is 0 Å². The van der Waals surface area contributed by atoms with Crippen molar-refractivity contribution in [2.24, 2.45) is 0 Å². The van der Waals surface area contributed by atoms with Gasteiger partial charge in [-0.1, -0.05) is 6.92 Å². The third-order valence-corrected chi connectivity index (χ3v) is 4.00. The molecule has 0 unspecified atom stereocenters. The lowest BCUT2D eigenvalue weighted by Gasteiger charge is -2.03. The highest BCUT2D eigenvalue weighted by molar-refractivity contribution is 7.91. The Morgan fingerprint density at radius 1 is 1.41 bits per heavy atom. The van der Waals surface area contributed by atoms with Crippen molar-refractivity contribution in [3.05, 3.63) is 18.0 Å². The summed E-state index contributed by atoms with van der Waals surface area (Å²) in [6.07, 6.45) is -3.00. The Labute approximate surface area is 97.4 Å². The van der Waals surface area contributed by atoms with Gasteiger partial charge in [0, 0.05) is 18.5 Å². The molecule has 0 saturated carbocycles. The molecule has 1 rings (SSSR count). The van der Waals surface area contributed by atoms with Crippen molar-refractivity contribution < 1.29 is 21.6 Å². The molecule has 98 valence electrons. The molecule has 4 nitrogen and oxygen atoms in total. The van der Waals surface area contributed by atoms with Crippen LogP contribution in [0.3, 0.4) is 0 Å². The van der Waals surface area contributed by atoms with Crippen LogP contribution in [-0.2, 0) is 22.6 Å².